The van der Waals surface area contributed by atoms with Crippen LogP contribution < -0.4 is 0 Å². The Kier molecular flexibility index (Phi) is 9.17. The Labute approximate surface area is 124 Å². The van der Waals surface area contributed by atoms with Gasteiger partial charge in [0.05, 0.1) is 18.7 Å². The van der Waals surface area contributed by atoms with E-state index in [1.807, 2.05) is 0 Å². The molecule has 0 saturated carbocycles. The van der Waals surface area contributed by atoms with Gasteiger partial charge in [-0.05, 0) is 19.8 Å². The van der Waals surface area contributed by atoms with Gasteiger partial charge in [0.25, 0.3) is 0 Å². The number of ether oxygens (including phenoxy) is 1. The van der Waals surface area contributed by atoms with Gasteiger partial charge in [-0.3, -0.25) is 9.36 Å². The molecule has 3 N–H and O–H groups in total. The van der Waals surface area contributed by atoms with Crippen LogP contribution in [0.3, 0.4) is 0 Å². The molecule has 1 unspecified atom stereocenters. The van der Waals surface area contributed by atoms with E-state index in [2.05, 4.69) is 6.58 Å². The summed E-state index contributed by atoms with van der Waals surface area (Å²) in [7, 11) is -4.31. The maximum atomic E-state index is 11.1. The summed E-state index contributed by atoms with van der Waals surface area (Å²) in [5, 5.41) is 8.88. The van der Waals surface area contributed by atoms with Crippen LogP contribution in [0.1, 0.15) is 39.0 Å². The number of rotatable bonds is 11. The second-order valence-corrected chi connectivity index (χ2v) is 6.70. The van der Waals surface area contributed by atoms with Crippen molar-refractivity contribution in [2.45, 2.75) is 39.0 Å². The predicted octanol–water partition coefficient (Wildman–Crippen LogP) is 1.93. The smallest absolute Gasteiger partial charge is 0.333 e. The molecule has 0 fully saturated rings. The Morgan fingerprint density at radius 2 is 1.76 bits per heavy atom. The van der Waals surface area contributed by atoms with E-state index in [0.29, 0.717) is 18.4 Å². The number of carbonyl (C=O) groups excluding carboxylic acids is 1. The van der Waals surface area contributed by atoms with E-state index in [1.165, 1.54) is 0 Å². The van der Waals surface area contributed by atoms with Gasteiger partial charge in [0.15, 0.2) is 0 Å². The molecule has 0 amide bonds. The number of carbonyl (C=O) groups is 2. The van der Waals surface area contributed by atoms with Crippen LogP contribution in [0.4, 0.5) is 0 Å². The first-order valence-corrected chi connectivity index (χ1v) is 8.53. The molecule has 0 aliphatic rings. The summed E-state index contributed by atoms with van der Waals surface area (Å²) in [5.41, 5.74) is 0.344. The van der Waals surface area contributed by atoms with Crippen molar-refractivity contribution >= 4 is 19.5 Å². The molecule has 0 aliphatic carbocycles. The number of hydrogen-bond acceptors (Lipinski definition) is 4. The van der Waals surface area contributed by atoms with E-state index < -0.39 is 31.6 Å². The van der Waals surface area contributed by atoms with Crippen molar-refractivity contribution in [2.75, 3.05) is 12.8 Å². The molecule has 8 heteroatoms. The van der Waals surface area contributed by atoms with Crippen molar-refractivity contribution in [3.8, 4) is 0 Å². The second kappa shape index (κ2) is 9.71. The van der Waals surface area contributed by atoms with Gasteiger partial charge in [0.1, 0.15) is 0 Å². The van der Waals surface area contributed by atoms with Gasteiger partial charge in [-0.2, -0.15) is 0 Å². The summed E-state index contributed by atoms with van der Waals surface area (Å²) in [6.45, 7) is 5.31. The highest BCUT2D eigenvalue weighted by atomic mass is 31.2. The average molecular weight is 322 g/mol. The monoisotopic (exact) mass is 322 g/mol. The predicted molar refractivity (Wildman–Crippen MR) is 76.9 cm³/mol. The van der Waals surface area contributed by atoms with Crippen LogP contribution in [0, 0.1) is 5.92 Å². The van der Waals surface area contributed by atoms with E-state index in [0.717, 1.165) is 12.8 Å². The lowest BCUT2D eigenvalue weighted by atomic mass is 10.0. The molecule has 0 heterocycles. The zero-order valence-electron chi connectivity index (χ0n) is 12.2. The van der Waals surface area contributed by atoms with Crippen molar-refractivity contribution in [2.24, 2.45) is 5.92 Å². The largest absolute Gasteiger partial charge is 0.481 e. The molecule has 0 aromatic carbocycles. The first-order chi connectivity index (χ1) is 9.63. The minimum Gasteiger partial charge on any atom is -0.481 e. The number of carboxylic acids is 1. The molecule has 0 aromatic rings. The van der Waals surface area contributed by atoms with Crippen LogP contribution in [0.2, 0.25) is 0 Å². The Morgan fingerprint density at radius 1 is 1.19 bits per heavy atom. The Morgan fingerprint density at radius 3 is 2.24 bits per heavy atom. The second-order valence-electron chi connectivity index (χ2n) is 5.00. The highest BCUT2D eigenvalue weighted by Gasteiger charge is 2.26. The Balaban J connectivity index is 3.77. The summed E-state index contributed by atoms with van der Waals surface area (Å²) in [6, 6.07) is 0. The van der Waals surface area contributed by atoms with Crippen LogP contribution in [-0.4, -0.2) is 39.6 Å². The molecule has 0 spiro atoms. The lowest BCUT2D eigenvalue weighted by Crippen LogP contribution is -2.18. The van der Waals surface area contributed by atoms with E-state index in [-0.39, 0.29) is 13.0 Å². The van der Waals surface area contributed by atoms with E-state index in [9.17, 15) is 14.2 Å². The van der Waals surface area contributed by atoms with Crippen molar-refractivity contribution in [1.82, 2.24) is 0 Å². The lowest BCUT2D eigenvalue weighted by Gasteiger charge is -2.12. The summed E-state index contributed by atoms with van der Waals surface area (Å²) in [4.78, 5) is 39.5. The fourth-order valence-electron chi connectivity index (χ4n) is 1.71. The highest BCUT2D eigenvalue weighted by molar-refractivity contribution is 7.51. The third-order valence-electron chi connectivity index (χ3n) is 2.84. The summed E-state index contributed by atoms with van der Waals surface area (Å²) in [6.07, 6.45) is 2.30. The van der Waals surface area contributed by atoms with Gasteiger partial charge in [-0.15, -0.1) is 0 Å². The average Bonchev–Trinajstić information content (AvgIpc) is 2.34. The molecule has 0 rings (SSSR count). The van der Waals surface area contributed by atoms with E-state index in [1.54, 1.807) is 6.92 Å². The molecule has 0 bridgehead atoms. The normalized spacial score (nSPS) is 12.7. The molecule has 0 radical (unpaired) electrons. The zero-order chi connectivity index (χ0) is 16.5. The van der Waals surface area contributed by atoms with Crippen molar-refractivity contribution in [1.29, 1.82) is 0 Å². The highest BCUT2D eigenvalue weighted by Crippen LogP contribution is 2.38. The minimum absolute atomic E-state index is 0.228. The van der Waals surface area contributed by atoms with Crippen molar-refractivity contribution in [3.63, 3.8) is 0 Å². The van der Waals surface area contributed by atoms with Gasteiger partial charge in [-0.1, -0.05) is 25.8 Å². The first-order valence-electron chi connectivity index (χ1n) is 6.73. The molecule has 0 saturated heterocycles. The molecule has 21 heavy (non-hydrogen) atoms. The van der Waals surface area contributed by atoms with Crippen LogP contribution in [0.5, 0.6) is 0 Å². The van der Waals surface area contributed by atoms with Crippen molar-refractivity contribution < 1.29 is 33.8 Å². The van der Waals surface area contributed by atoms with Crippen LogP contribution in [0.25, 0.3) is 0 Å². The molecule has 7 nitrogen and oxygen atoms in total. The molecule has 1 atom stereocenters. The lowest BCUT2D eigenvalue weighted by molar-refractivity contribution is -0.141. The third-order valence-corrected chi connectivity index (χ3v) is 3.75. The molecule has 0 aliphatic heterocycles. The summed E-state index contributed by atoms with van der Waals surface area (Å²) >= 11 is 0. The Bertz CT molecular complexity index is 413. The number of esters is 1. The van der Waals surface area contributed by atoms with Crippen LogP contribution >= 0.6 is 7.60 Å². The molecule has 122 valence electrons. The van der Waals surface area contributed by atoms with Crippen LogP contribution in [-0.2, 0) is 18.9 Å². The first kappa shape index (κ1) is 19.8. The maximum Gasteiger partial charge on any atom is 0.333 e. The quantitative estimate of drug-likeness (QED) is 0.230. The third kappa shape index (κ3) is 11.2. The number of hydrogen-bond donors (Lipinski definition) is 3. The fourth-order valence-corrected chi connectivity index (χ4v) is 2.63. The molecular weight excluding hydrogens is 299 g/mol. The maximum absolute atomic E-state index is 11.1. The number of unbranched alkanes of at least 4 members (excludes halogenated alkanes) is 3. The van der Waals surface area contributed by atoms with Gasteiger partial charge < -0.3 is 19.6 Å². The van der Waals surface area contributed by atoms with Gasteiger partial charge in [0, 0.05) is 5.57 Å². The fraction of sp³-hybridized carbons (Fsp3) is 0.692. The zero-order valence-corrected chi connectivity index (χ0v) is 13.1. The number of aliphatic carboxylic acids is 1. The molecule has 0 aromatic heterocycles. The molecular formula is C13H23O7P. The van der Waals surface area contributed by atoms with Gasteiger partial charge >= 0.3 is 19.5 Å². The van der Waals surface area contributed by atoms with E-state index >= 15 is 0 Å². The minimum atomic E-state index is -4.31. The van der Waals surface area contributed by atoms with Gasteiger partial charge in [0.2, 0.25) is 0 Å². The summed E-state index contributed by atoms with van der Waals surface area (Å²) < 4.78 is 15.7. The SMILES string of the molecule is C=C(C)C(=O)OCCCCCCC(CP(=O)(O)O)C(=O)O. The van der Waals surface area contributed by atoms with E-state index in [4.69, 9.17) is 19.6 Å². The summed E-state index contributed by atoms with van der Waals surface area (Å²) in [5.74, 6) is -2.64. The Hall–Kier alpha value is -1.17. The van der Waals surface area contributed by atoms with Gasteiger partial charge in [-0.25, -0.2) is 4.79 Å². The standard InChI is InChI=1S/C13H23O7P/c1-10(2)13(16)20-8-6-4-3-5-7-11(12(14)15)9-21(17,18)19/h11H,1,3-9H2,2H3,(H,14,15)(H2,17,18,19). The van der Waals surface area contributed by atoms with Crippen molar-refractivity contribution in [3.05, 3.63) is 12.2 Å². The topological polar surface area (TPSA) is 121 Å². The number of carboxylic acid groups (broad SMARTS) is 1. The van der Waals surface area contributed by atoms with Crippen LogP contribution in [0.15, 0.2) is 12.2 Å².